The van der Waals surface area contributed by atoms with Gasteiger partial charge in [-0.1, -0.05) is 30.3 Å². The second-order valence-corrected chi connectivity index (χ2v) is 6.88. The molecule has 1 amide bonds. The maximum Gasteiger partial charge on any atom is 0.394 e. The highest BCUT2D eigenvalue weighted by Crippen LogP contribution is 2.33. The lowest BCUT2D eigenvalue weighted by atomic mass is 10.2. The van der Waals surface area contributed by atoms with E-state index in [4.69, 9.17) is 19.1 Å². The van der Waals surface area contributed by atoms with Crippen LogP contribution < -0.4 is 10.1 Å². The average Bonchev–Trinajstić information content (AvgIpc) is 3.34. The van der Waals surface area contributed by atoms with E-state index in [1.807, 2.05) is 37.3 Å². The van der Waals surface area contributed by atoms with Crippen molar-refractivity contribution < 1.29 is 28.7 Å². The summed E-state index contributed by atoms with van der Waals surface area (Å²) in [6.45, 7) is 3.24. The van der Waals surface area contributed by atoms with Crippen LogP contribution in [0.4, 0.5) is 5.13 Å². The Morgan fingerprint density at radius 1 is 1.28 bits per heavy atom. The molecule has 0 aliphatic rings. The van der Waals surface area contributed by atoms with Gasteiger partial charge in [0.25, 0.3) is 5.88 Å². The van der Waals surface area contributed by atoms with Crippen LogP contribution in [-0.4, -0.2) is 40.3 Å². The fraction of sp³-hybridized carbons (Fsp3) is 0.263. The van der Waals surface area contributed by atoms with E-state index in [0.717, 1.165) is 21.8 Å². The van der Waals surface area contributed by atoms with E-state index >= 15 is 0 Å². The Balaban J connectivity index is 1.76. The number of aromatic nitrogens is 2. The second-order valence-electron chi connectivity index (χ2n) is 5.80. The minimum absolute atomic E-state index is 0.155. The summed E-state index contributed by atoms with van der Waals surface area (Å²) in [5.74, 6) is -2.10. The zero-order chi connectivity index (χ0) is 20.6. The minimum Gasteiger partial charge on any atom is -0.474 e. The molecule has 0 saturated heterocycles. The molecule has 152 valence electrons. The van der Waals surface area contributed by atoms with Crippen LogP contribution in [0.1, 0.15) is 17.4 Å². The van der Waals surface area contributed by atoms with E-state index in [0.29, 0.717) is 43.6 Å². The molecule has 0 aliphatic carbocycles. The Labute approximate surface area is 170 Å². The number of carboxylic acid groups (broad SMARTS) is 1. The van der Waals surface area contributed by atoms with Crippen LogP contribution in [0.25, 0.3) is 11.5 Å². The van der Waals surface area contributed by atoms with Crippen molar-refractivity contribution >= 4 is 28.3 Å². The fourth-order valence-corrected chi connectivity index (χ4v) is 3.34. The average molecular weight is 417 g/mol. The number of benzene rings is 1. The predicted octanol–water partition coefficient (Wildman–Crippen LogP) is 2.98. The van der Waals surface area contributed by atoms with E-state index in [-0.39, 0.29) is 5.13 Å². The summed E-state index contributed by atoms with van der Waals surface area (Å²) in [4.78, 5) is 27.3. The number of nitrogens with zero attached hydrogens (tertiary/aromatic N) is 2. The molecule has 0 atom stereocenters. The zero-order valence-electron chi connectivity index (χ0n) is 15.6. The van der Waals surface area contributed by atoms with Crippen molar-refractivity contribution in [1.29, 1.82) is 0 Å². The van der Waals surface area contributed by atoms with Crippen LogP contribution >= 0.6 is 11.3 Å². The summed E-state index contributed by atoms with van der Waals surface area (Å²) in [5.41, 5.74) is 1.44. The number of hydrogen-bond donors (Lipinski definition) is 2. The summed E-state index contributed by atoms with van der Waals surface area (Å²) in [6, 6.07) is 11.2. The lowest BCUT2D eigenvalue weighted by molar-refractivity contribution is -0.147. The summed E-state index contributed by atoms with van der Waals surface area (Å²) >= 11 is 1.16. The number of hydrogen-bond acceptors (Lipinski definition) is 8. The van der Waals surface area contributed by atoms with Gasteiger partial charge >= 0.3 is 11.9 Å². The number of amides is 1. The number of nitrogens with one attached hydrogen (secondary N) is 1. The summed E-state index contributed by atoms with van der Waals surface area (Å²) in [5, 5.41) is 15.1. The number of carbonyl (C=O) groups excluding carboxylic acids is 1. The molecule has 3 aromatic rings. The molecule has 29 heavy (non-hydrogen) atoms. The number of ether oxygens (including phenoxy) is 2. The highest BCUT2D eigenvalue weighted by molar-refractivity contribution is 7.16. The van der Waals surface area contributed by atoms with Crippen LogP contribution in [0.5, 0.6) is 5.88 Å². The molecule has 0 unspecified atom stereocenters. The molecule has 0 bridgehead atoms. The van der Waals surface area contributed by atoms with Crippen LogP contribution in [0.2, 0.25) is 0 Å². The first-order chi connectivity index (χ1) is 14.1. The Morgan fingerprint density at radius 2 is 2.07 bits per heavy atom. The van der Waals surface area contributed by atoms with Crippen molar-refractivity contribution in [3.63, 3.8) is 0 Å². The van der Waals surface area contributed by atoms with Gasteiger partial charge < -0.3 is 19.1 Å². The van der Waals surface area contributed by atoms with E-state index < -0.39 is 11.9 Å². The number of anilines is 1. The molecule has 0 radical (unpaired) electrons. The third kappa shape index (κ3) is 5.62. The van der Waals surface area contributed by atoms with E-state index in [1.165, 1.54) is 0 Å². The zero-order valence-corrected chi connectivity index (χ0v) is 16.4. The predicted molar refractivity (Wildman–Crippen MR) is 105 cm³/mol. The number of carboxylic acids is 1. The van der Waals surface area contributed by atoms with Gasteiger partial charge in [0.1, 0.15) is 12.3 Å². The summed E-state index contributed by atoms with van der Waals surface area (Å²) in [6.07, 6.45) is 0.519. The van der Waals surface area contributed by atoms with Crippen molar-refractivity contribution in [3.05, 3.63) is 46.8 Å². The number of thiazole rings is 1. The molecular formula is C19H19N3O6S. The third-order valence-corrected chi connectivity index (χ3v) is 4.77. The monoisotopic (exact) mass is 417 g/mol. The van der Waals surface area contributed by atoms with Crippen LogP contribution in [0, 0.1) is 0 Å². The SMILES string of the molecule is CCOCCc1sc(NC(=O)C(=O)O)nc1-c1cc(OCc2ccccc2)no1. The van der Waals surface area contributed by atoms with Gasteiger partial charge in [-0.25, -0.2) is 9.78 Å². The molecule has 2 N–H and O–H groups in total. The number of carbonyl (C=O) groups is 2. The molecule has 9 nitrogen and oxygen atoms in total. The van der Waals surface area contributed by atoms with Crippen molar-refractivity contribution in [1.82, 2.24) is 10.1 Å². The van der Waals surface area contributed by atoms with Crippen LogP contribution in [-0.2, 0) is 27.4 Å². The van der Waals surface area contributed by atoms with Crippen molar-refractivity contribution in [2.45, 2.75) is 20.0 Å². The van der Waals surface area contributed by atoms with Gasteiger partial charge in [0, 0.05) is 17.9 Å². The molecule has 2 aromatic heterocycles. The Kier molecular flexibility index (Phi) is 6.93. The lowest BCUT2D eigenvalue weighted by Crippen LogP contribution is -2.21. The first kappa shape index (κ1) is 20.5. The first-order valence-corrected chi connectivity index (χ1v) is 9.64. The molecule has 3 rings (SSSR count). The van der Waals surface area contributed by atoms with Crippen molar-refractivity contribution in [2.75, 3.05) is 18.5 Å². The maximum absolute atomic E-state index is 11.4. The highest BCUT2D eigenvalue weighted by atomic mass is 32.1. The van der Waals surface area contributed by atoms with Gasteiger partial charge in [-0.05, 0) is 17.6 Å². The van der Waals surface area contributed by atoms with Crippen LogP contribution in [0.15, 0.2) is 40.9 Å². The van der Waals surface area contributed by atoms with E-state index in [9.17, 15) is 9.59 Å². The molecular weight excluding hydrogens is 398 g/mol. The summed E-state index contributed by atoms with van der Waals surface area (Å²) in [7, 11) is 0. The largest absolute Gasteiger partial charge is 0.474 e. The topological polar surface area (TPSA) is 124 Å². The molecule has 10 heteroatoms. The Bertz CT molecular complexity index is 969. The second kappa shape index (κ2) is 9.80. The van der Waals surface area contributed by atoms with Gasteiger partial charge in [0.15, 0.2) is 10.9 Å². The quantitative estimate of drug-likeness (QED) is 0.402. The standard InChI is InChI=1S/C19H19N3O6S/c1-2-26-9-8-14-16(20-19(29-14)21-17(23)18(24)25)13-10-15(22-28-13)27-11-12-6-4-3-5-7-12/h3-7,10H,2,8-9,11H2,1H3,(H,24,25)(H,20,21,23). The van der Waals surface area contributed by atoms with Gasteiger partial charge in [-0.15, -0.1) is 11.3 Å². The van der Waals surface area contributed by atoms with Crippen molar-refractivity contribution in [3.8, 4) is 17.3 Å². The van der Waals surface area contributed by atoms with Crippen molar-refractivity contribution in [2.24, 2.45) is 0 Å². The smallest absolute Gasteiger partial charge is 0.394 e. The minimum atomic E-state index is -1.59. The molecule has 0 fully saturated rings. The molecule has 0 aliphatic heterocycles. The van der Waals surface area contributed by atoms with E-state index in [1.54, 1.807) is 6.07 Å². The van der Waals surface area contributed by atoms with Gasteiger partial charge in [0.05, 0.1) is 12.7 Å². The van der Waals surface area contributed by atoms with E-state index in [2.05, 4.69) is 15.5 Å². The third-order valence-electron chi connectivity index (χ3n) is 3.74. The highest BCUT2D eigenvalue weighted by Gasteiger charge is 2.21. The lowest BCUT2D eigenvalue weighted by Gasteiger charge is -2.01. The molecule has 2 heterocycles. The van der Waals surface area contributed by atoms with Gasteiger partial charge in [0.2, 0.25) is 0 Å². The number of aliphatic carboxylic acids is 1. The van der Waals surface area contributed by atoms with Gasteiger partial charge in [-0.2, -0.15) is 0 Å². The number of rotatable bonds is 9. The normalized spacial score (nSPS) is 10.7. The maximum atomic E-state index is 11.4. The van der Waals surface area contributed by atoms with Gasteiger partial charge in [-0.3, -0.25) is 10.1 Å². The Morgan fingerprint density at radius 3 is 2.79 bits per heavy atom. The fourth-order valence-electron chi connectivity index (χ4n) is 2.40. The Hall–Kier alpha value is -3.24. The molecule has 0 saturated carbocycles. The molecule has 1 aromatic carbocycles. The van der Waals surface area contributed by atoms with Crippen LogP contribution in [0.3, 0.4) is 0 Å². The summed E-state index contributed by atoms with van der Waals surface area (Å²) < 4.78 is 16.4. The molecule has 0 spiro atoms. The first-order valence-electron chi connectivity index (χ1n) is 8.82.